The van der Waals surface area contributed by atoms with Gasteiger partial charge in [0.25, 0.3) is 0 Å². The van der Waals surface area contributed by atoms with Crippen LogP contribution in [0.2, 0.25) is 0 Å². The molecular formula is C29H46O6. The molecule has 6 nitrogen and oxygen atoms in total. The molecule has 0 unspecified atom stereocenters. The van der Waals surface area contributed by atoms with Gasteiger partial charge >= 0.3 is 17.9 Å². The fourth-order valence-corrected chi connectivity index (χ4v) is 9.46. The van der Waals surface area contributed by atoms with Crippen molar-refractivity contribution in [3.05, 3.63) is 0 Å². The molecule has 0 spiro atoms. The van der Waals surface area contributed by atoms with Crippen molar-refractivity contribution in [2.75, 3.05) is 7.11 Å². The highest BCUT2D eigenvalue weighted by atomic mass is 16.5. The van der Waals surface area contributed by atoms with E-state index in [-0.39, 0.29) is 40.9 Å². The normalized spacial score (nSPS) is 43.2. The summed E-state index contributed by atoms with van der Waals surface area (Å²) in [5.74, 6) is 2.43. The first-order chi connectivity index (χ1) is 16.5. The quantitative estimate of drug-likeness (QED) is 0.351. The van der Waals surface area contributed by atoms with E-state index in [2.05, 4.69) is 20.8 Å². The minimum Gasteiger partial charge on any atom is -0.469 e. The lowest BCUT2D eigenvalue weighted by Crippen LogP contribution is -2.59. The fraction of sp³-hybridized carbons (Fsp3) is 0.897. The van der Waals surface area contributed by atoms with Crippen LogP contribution in [0.25, 0.3) is 0 Å². The average molecular weight is 491 g/mol. The summed E-state index contributed by atoms with van der Waals surface area (Å²) in [7, 11) is 1.47. The molecule has 10 atom stereocenters. The van der Waals surface area contributed by atoms with E-state index >= 15 is 0 Å². The minimum atomic E-state index is -0.199. The number of ether oxygens (including phenoxy) is 3. The summed E-state index contributed by atoms with van der Waals surface area (Å²) in [5, 5.41) is 0. The smallest absolute Gasteiger partial charge is 0.305 e. The lowest BCUT2D eigenvalue weighted by molar-refractivity contribution is -0.197. The molecule has 4 aliphatic carbocycles. The van der Waals surface area contributed by atoms with Crippen molar-refractivity contribution in [1.82, 2.24) is 0 Å². The molecule has 0 radical (unpaired) electrons. The lowest BCUT2D eigenvalue weighted by Gasteiger charge is -2.62. The summed E-state index contributed by atoms with van der Waals surface area (Å²) in [5.41, 5.74) is 0.418. The van der Waals surface area contributed by atoms with Crippen molar-refractivity contribution >= 4 is 17.9 Å². The number of fused-ring (bicyclic) bond motifs is 5. The highest BCUT2D eigenvalue weighted by Crippen LogP contribution is 2.68. The zero-order chi connectivity index (χ0) is 25.5. The van der Waals surface area contributed by atoms with Crippen molar-refractivity contribution in [2.24, 2.45) is 46.3 Å². The Bertz CT molecular complexity index is 824. The number of methoxy groups -OCH3 is 1. The van der Waals surface area contributed by atoms with Crippen LogP contribution in [0.3, 0.4) is 0 Å². The number of hydrogen-bond donors (Lipinski definition) is 0. The summed E-state index contributed by atoms with van der Waals surface area (Å²) in [6, 6.07) is 0. The zero-order valence-electron chi connectivity index (χ0n) is 22.6. The van der Waals surface area contributed by atoms with Crippen molar-refractivity contribution in [3.8, 4) is 0 Å². The van der Waals surface area contributed by atoms with E-state index in [1.54, 1.807) is 6.92 Å². The number of hydrogen-bond acceptors (Lipinski definition) is 6. The third kappa shape index (κ3) is 4.87. The molecule has 4 fully saturated rings. The first kappa shape index (κ1) is 26.5. The maximum Gasteiger partial charge on any atom is 0.305 e. The van der Waals surface area contributed by atoms with Crippen LogP contribution < -0.4 is 0 Å². The number of carbonyl (C=O) groups is 3. The predicted molar refractivity (Wildman–Crippen MR) is 132 cm³/mol. The molecule has 0 amide bonds. The third-order valence-corrected chi connectivity index (χ3v) is 11.1. The summed E-state index contributed by atoms with van der Waals surface area (Å²) in [4.78, 5) is 35.6. The average Bonchev–Trinajstić information content (AvgIpc) is 3.14. The molecule has 35 heavy (non-hydrogen) atoms. The van der Waals surface area contributed by atoms with Gasteiger partial charge in [-0.25, -0.2) is 0 Å². The van der Waals surface area contributed by atoms with Gasteiger partial charge in [-0.05, 0) is 98.2 Å². The SMILES string of the molecule is COC(=O)CC[C@@H](C)[C@@H]1CC[C@@H]2[C@@H]3[C@@H](CC[C@]21C)[C@@]1(C)CC[C@H](OC(C)=O)C[C@@H]1C[C@H]3OC(C)=O. The van der Waals surface area contributed by atoms with Gasteiger partial charge in [0.2, 0.25) is 0 Å². The number of rotatable bonds is 6. The molecule has 0 aliphatic heterocycles. The predicted octanol–water partition coefficient (Wildman–Crippen LogP) is 5.71. The number of esters is 3. The molecule has 0 N–H and O–H groups in total. The third-order valence-electron chi connectivity index (χ3n) is 11.1. The summed E-state index contributed by atoms with van der Waals surface area (Å²) in [6.07, 6.45) is 9.80. The molecule has 0 aromatic heterocycles. The minimum absolute atomic E-state index is 0.0134. The highest BCUT2D eigenvalue weighted by Gasteiger charge is 2.63. The molecule has 198 valence electrons. The van der Waals surface area contributed by atoms with E-state index in [1.165, 1.54) is 39.7 Å². The van der Waals surface area contributed by atoms with E-state index in [1.807, 2.05) is 0 Å². The Labute approximate surface area is 211 Å². The molecule has 0 aromatic rings. The van der Waals surface area contributed by atoms with Crippen molar-refractivity contribution in [3.63, 3.8) is 0 Å². The van der Waals surface area contributed by atoms with Gasteiger partial charge < -0.3 is 14.2 Å². The Morgan fingerprint density at radius 3 is 2.20 bits per heavy atom. The van der Waals surface area contributed by atoms with E-state index in [0.717, 1.165) is 32.1 Å². The van der Waals surface area contributed by atoms with Crippen LogP contribution in [0.1, 0.15) is 98.8 Å². The van der Waals surface area contributed by atoms with Gasteiger partial charge in [0.05, 0.1) is 7.11 Å². The standard InChI is InChI=1S/C29H46O6/c1-17(7-10-26(32)33-6)22-8-9-23-27-24(12-14-29(22,23)5)28(4)13-11-21(34-18(2)30)15-20(28)16-25(27)35-19(3)31/h17,20-25,27H,7-16H2,1-6H3/t17-,20-,21+,22+,23-,24-,25-,27-,28+,29+/m1/s1. The highest BCUT2D eigenvalue weighted by molar-refractivity contribution is 5.69. The summed E-state index contributed by atoms with van der Waals surface area (Å²) < 4.78 is 16.6. The second kappa shape index (κ2) is 10.0. The molecule has 0 aromatic carbocycles. The van der Waals surface area contributed by atoms with Gasteiger partial charge in [-0.3, -0.25) is 14.4 Å². The van der Waals surface area contributed by atoms with Crippen molar-refractivity contribution < 1.29 is 28.6 Å². The Balaban J connectivity index is 1.57. The number of carbonyl (C=O) groups excluding carboxylic acids is 3. The van der Waals surface area contributed by atoms with Crippen LogP contribution in [0.4, 0.5) is 0 Å². The van der Waals surface area contributed by atoms with Gasteiger partial charge in [-0.15, -0.1) is 0 Å². The Morgan fingerprint density at radius 1 is 0.886 bits per heavy atom. The van der Waals surface area contributed by atoms with E-state index in [9.17, 15) is 14.4 Å². The molecule has 4 saturated carbocycles. The molecule has 4 aliphatic rings. The van der Waals surface area contributed by atoms with Gasteiger partial charge in [0.15, 0.2) is 0 Å². The first-order valence-electron chi connectivity index (χ1n) is 13.9. The van der Waals surface area contributed by atoms with Crippen molar-refractivity contribution in [1.29, 1.82) is 0 Å². The van der Waals surface area contributed by atoms with Gasteiger partial charge in [0.1, 0.15) is 12.2 Å². The zero-order valence-corrected chi connectivity index (χ0v) is 22.6. The van der Waals surface area contributed by atoms with E-state index in [0.29, 0.717) is 41.9 Å². The molecular weight excluding hydrogens is 444 g/mol. The molecule has 0 saturated heterocycles. The van der Waals surface area contributed by atoms with Crippen LogP contribution >= 0.6 is 0 Å². The maximum absolute atomic E-state index is 12.2. The summed E-state index contributed by atoms with van der Waals surface area (Å²) in [6.45, 7) is 10.3. The maximum atomic E-state index is 12.2. The largest absolute Gasteiger partial charge is 0.469 e. The topological polar surface area (TPSA) is 78.9 Å². The van der Waals surface area contributed by atoms with Crippen LogP contribution in [0, 0.1) is 46.3 Å². The van der Waals surface area contributed by atoms with Gasteiger partial charge in [-0.1, -0.05) is 20.8 Å². The van der Waals surface area contributed by atoms with Crippen LogP contribution in [0.15, 0.2) is 0 Å². The second-order valence-electron chi connectivity index (χ2n) is 12.7. The van der Waals surface area contributed by atoms with Crippen LogP contribution in [-0.2, 0) is 28.6 Å². The monoisotopic (exact) mass is 490 g/mol. The van der Waals surface area contributed by atoms with Crippen LogP contribution in [0.5, 0.6) is 0 Å². The first-order valence-corrected chi connectivity index (χ1v) is 13.9. The van der Waals surface area contributed by atoms with E-state index in [4.69, 9.17) is 14.2 Å². The summed E-state index contributed by atoms with van der Waals surface area (Å²) >= 11 is 0. The molecule has 4 rings (SSSR count). The lowest BCUT2D eigenvalue weighted by atomic mass is 9.43. The second-order valence-corrected chi connectivity index (χ2v) is 12.7. The Hall–Kier alpha value is -1.59. The van der Waals surface area contributed by atoms with E-state index < -0.39 is 0 Å². The molecule has 0 heterocycles. The van der Waals surface area contributed by atoms with Crippen molar-refractivity contribution in [2.45, 2.75) is 111 Å². The molecule has 6 heteroatoms. The Morgan fingerprint density at radius 2 is 1.54 bits per heavy atom. The van der Waals surface area contributed by atoms with Gasteiger partial charge in [-0.2, -0.15) is 0 Å². The Kier molecular flexibility index (Phi) is 7.60. The van der Waals surface area contributed by atoms with Gasteiger partial charge in [0, 0.05) is 26.2 Å². The molecule has 0 bridgehead atoms. The van der Waals surface area contributed by atoms with Crippen LogP contribution in [-0.4, -0.2) is 37.2 Å². The fourth-order valence-electron chi connectivity index (χ4n) is 9.46.